The summed E-state index contributed by atoms with van der Waals surface area (Å²) in [5, 5.41) is 0. The fraction of sp³-hybridized carbons (Fsp3) is 0.583. The zero-order valence-electron chi connectivity index (χ0n) is 9.52. The minimum Gasteiger partial charge on any atom is -0.339 e. The average Bonchev–Trinajstić information content (AvgIpc) is 2.66. The third-order valence-electron chi connectivity index (χ3n) is 2.82. The maximum Gasteiger partial charge on any atom is 0.246 e. The van der Waals surface area contributed by atoms with Gasteiger partial charge < -0.3 is 10.6 Å². The molecule has 0 aromatic carbocycles. The summed E-state index contributed by atoms with van der Waals surface area (Å²) in [7, 11) is 0. The van der Waals surface area contributed by atoms with Crippen LogP contribution in [0, 0.1) is 5.92 Å². The van der Waals surface area contributed by atoms with Gasteiger partial charge in [0.15, 0.2) is 0 Å². The number of hydrogen-bond donors (Lipinski definition) is 1. The van der Waals surface area contributed by atoms with Crippen molar-refractivity contribution in [1.82, 2.24) is 4.90 Å². The number of carbonyl (C=O) groups is 1. The Labute approximate surface area is 91.6 Å². The number of likely N-dealkylation sites (tertiary alicyclic amines) is 1. The van der Waals surface area contributed by atoms with E-state index in [1.54, 1.807) is 12.2 Å². The second-order valence-corrected chi connectivity index (χ2v) is 4.08. The van der Waals surface area contributed by atoms with Gasteiger partial charge in [0.1, 0.15) is 0 Å². The molecule has 15 heavy (non-hydrogen) atoms. The third kappa shape index (κ3) is 3.51. The Bertz CT molecular complexity index is 269. The fourth-order valence-corrected chi connectivity index (χ4v) is 1.77. The van der Waals surface area contributed by atoms with Gasteiger partial charge in [-0.25, -0.2) is 0 Å². The monoisotopic (exact) mass is 208 g/mol. The van der Waals surface area contributed by atoms with Gasteiger partial charge in [-0.2, -0.15) is 0 Å². The van der Waals surface area contributed by atoms with E-state index in [9.17, 15) is 4.79 Å². The highest BCUT2D eigenvalue weighted by molar-refractivity contribution is 5.88. The second-order valence-electron chi connectivity index (χ2n) is 4.08. The zero-order chi connectivity index (χ0) is 11.3. The predicted octanol–water partition coefficient (Wildman–Crippen LogP) is 1.31. The van der Waals surface area contributed by atoms with Gasteiger partial charge in [-0.05, 0) is 26.2 Å². The standard InChI is InChI=1S/C12H20N2O/c1-3-4-5-6-12(15)14-8-7-11(9-14)10(2)13/h3-6,10-11H,7-9,13H2,1-2H3. The number of nitrogens with two attached hydrogens (primary N) is 1. The molecule has 1 fully saturated rings. The number of amides is 1. The van der Waals surface area contributed by atoms with Crippen LogP contribution in [0.3, 0.4) is 0 Å². The molecule has 1 saturated heterocycles. The molecule has 2 N–H and O–H groups in total. The maximum absolute atomic E-state index is 11.7. The van der Waals surface area contributed by atoms with Crippen LogP contribution in [-0.4, -0.2) is 29.9 Å². The van der Waals surface area contributed by atoms with E-state index in [-0.39, 0.29) is 11.9 Å². The lowest BCUT2D eigenvalue weighted by Crippen LogP contribution is -2.32. The summed E-state index contributed by atoms with van der Waals surface area (Å²) in [6.07, 6.45) is 8.18. The fourth-order valence-electron chi connectivity index (χ4n) is 1.77. The zero-order valence-corrected chi connectivity index (χ0v) is 9.52. The molecular weight excluding hydrogens is 188 g/mol. The lowest BCUT2D eigenvalue weighted by Gasteiger charge is -2.16. The Morgan fingerprint density at radius 2 is 2.27 bits per heavy atom. The van der Waals surface area contributed by atoms with Gasteiger partial charge in [0.2, 0.25) is 5.91 Å². The first-order chi connectivity index (χ1) is 7.15. The molecule has 1 amide bonds. The summed E-state index contributed by atoms with van der Waals surface area (Å²) < 4.78 is 0. The summed E-state index contributed by atoms with van der Waals surface area (Å²) in [6.45, 7) is 5.58. The first kappa shape index (κ1) is 12.0. The minimum absolute atomic E-state index is 0.0938. The Balaban J connectivity index is 2.43. The normalized spacial score (nSPS) is 24.2. The van der Waals surface area contributed by atoms with E-state index in [0.717, 1.165) is 19.5 Å². The van der Waals surface area contributed by atoms with Gasteiger partial charge in [-0.1, -0.05) is 18.2 Å². The third-order valence-corrected chi connectivity index (χ3v) is 2.82. The Morgan fingerprint density at radius 3 is 2.80 bits per heavy atom. The van der Waals surface area contributed by atoms with Crippen molar-refractivity contribution in [3.63, 3.8) is 0 Å². The molecule has 1 aliphatic rings. The molecule has 0 saturated carbocycles. The largest absolute Gasteiger partial charge is 0.339 e. The van der Waals surface area contributed by atoms with Gasteiger partial charge in [-0.15, -0.1) is 0 Å². The van der Waals surface area contributed by atoms with Gasteiger partial charge in [0, 0.05) is 25.2 Å². The highest BCUT2D eigenvalue weighted by Crippen LogP contribution is 2.18. The highest BCUT2D eigenvalue weighted by Gasteiger charge is 2.26. The molecule has 3 heteroatoms. The number of rotatable bonds is 3. The van der Waals surface area contributed by atoms with Crippen LogP contribution in [0.4, 0.5) is 0 Å². The first-order valence-electron chi connectivity index (χ1n) is 5.49. The lowest BCUT2D eigenvalue weighted by molar-refractivity contribution is -0.125. The van der Waals surface area contributed by atoms with Gasteiger partial charge in [0.05, 0.1) is 0 Å². The molecule has 2 unspecified atom stereocenters. The first-order valence-corrected chi connectivity index (χ1v) is 5.49. The number of hydrogen-bond acceptors (Lipinski definition) is 2. The van der Waals surface area contributed by atoms with Crippen molar-refractivity contribution in [2.75, 3.05) is 13.1 Å². The van der Waals surface area contributed by atoms with Crippen molar-refractivity contribution < 1.29 is 4.79 Å². The SMILES string of the molecule is CC=CC=CC(=O)N1CCC(C(C)N)C1. The van der Waals surface area contributed by atoms with Crippen LogP contribution in [0.5, 0.6) is 0 Å². The highest BCUT2D eigenvalue weighted by atomic mass is 16.2. The van der Waals surface area contributed by atoms with Gasteiger partial charge in [0.25, 0.3) is 0 Å². The molecule has 0 aromatic rings. The number of carbonyl (C=O) groups excluding carboxylic acids is 1. The van der Waals surface area contributed by atoms with E-state index < -0.39 is 0 Å². The Kier molecular flexibility index (Phi) is 4.56. The molecule has 1 aliphatic heterocycles. The molecule has 0 spiro atoms. The molecule has 0 radical (unpaired) electrons. The smallest absolute Gasteiger partial charge is 0.246 e. The van der Waals surface area contributed by atoms with Crippen LogP contribution in [0.1, 0.15) is 20.3 Å². The number of nitrogens with zero attached hydrogens (tertiary/aromatic N) is 1. The minimum atomic E-state index is 0.0938. The molecule has 84 valence electrons. The van der Waals surface area contributed by atoms with Crippen molar-refractivity contribution in [3.05, 3.63) is 24.3 Å². The summed E-state index contributed by atoms with van der Waals surface area (Å²) in [5.74, 6) is 0.556. The van der Waals surface area contributed by atoms with Crippen LogP contribution in [0.15, 0.2) is 24.3 Å². The second kappa shape index (κ2) is 5.71. The summed E-state index contributed by atoms with van der Waals surface area (Å²) in [4.78, 5) is 13.5. The van der Waals surface area contributed by atoms with Gasteiger partial charge >= 0.3 is 0 Å². The summed E-state index contributed by atoms with van der Waals surface area (Å²) in [5.41, 5.74) is 5.81. The Hall–Kier alpha value is -1.09. The van der Waals surface area contributed by atoms with E-state index in [1.165, 1.54) is 0 Å². The van der Waals surface area contributed by atoms with Crippen LogP contribution in [0.25, 0.3) is 0 Å². The predicted molar refractivity (Wildman–Crippen MR) is 62.3 cm³/mol. The summed E-state index contributed by atoms with van der Waals surface area (Å²) in [6, 6.07) is 0.183. The van der Waals surface area contributed by atoms with Crippen LogP contribution >= 0.6 is 0 Å². The van der Waals surface area contributed by atoms with Crippen LogP contribution < -0.4 is 5.73 Å². The molecule has 0 aliphatic carbocycles. The van der Waals surface area contributed by atoms with Crippen LogP contribution in [-0.2, 0) is 4.79 Å². The lowest BCUT2D eigenvalue weighted by atomic mass is 10.0. The van der Waals surface area contributed by atoms with Crippen molar-refractivity contribution in [3.8, 4) is 0 Å². The number of allylic oxidation sites excluding steroid dienone is 3. The van der Waals surface area contributed by atoms with Crippen molar-refractivity contribution in [2.45, 2.75) is 26.3 Å². The quantitative estimate of drug-likeness (QED) is 0.561. The average molecular weight is 208 g/mol. The topological polar surface area (TPSA) is 46.3 Å². The molecule has 3 nitrogen and oxygen atoms in total. The van der Waals surface area contributed by atoms with Gasteiger partial charge in [-0.3, -0.25) is 4.79 Å². The van der Waals surface area contributed by atoms with Crippen molar-refractivity contribution >= 4 is 5.91 Å². The molecule has 2 atom stereocenters. The van der Waals surface area contributed by atoms with Crippen molar-refractivity contribution in [1.29, 1.82) is 0 Å². The molecule has 1 heterocycles. The molecule has 1 rings (SSSR count). The summed E-state index contributed by atoms with van der Waals surface area (Å²) >= 11 is 0. The maximum atomic E-state index is 11.7. The van der Waals surface area contributed by atoms with E-state index in [1.807, 2.05) is 30.9 Å². The van der Waals surface area contributed by atoms with E-state index in [4.69, 9.17) is 5.73 Å². The molecular formula is C12H20N2O. The van der Waals surface area contributed by atoms with E-state index in [0.29, 0.717) is 5.92 Å². The van der Waals surface area contributed by atoms with Crippen molar-refractivity contribution in [2.24, 2.45) is 11.7 Å². The van der Waals surface area contributed by atoms with E-state index >= 15 is 0 Å². The Morgan fingerprint density at radius 1 is 1.53 bits per heavy atom. The molecule has 0 aromatic heterocycles. The van der Waals surface area contributed by atoms with Crippen LogP contribution in [0.2, 0.25) is 0 Å². The molecule has 0 bridgehead atoms. The van der Waals surface area contributed by atoms with E-state index in [2.05, 4.69) is 0 Å².